The first-order chi connectivity index (χ1) is 40.6. The highest BCUT2D eigenvalue weighted by Crippen LogP contribution is 2.30. The van der Waals surface area contributed by atoms with E-state index in [0.29, 0.717) is 32.5 Å². The molecule has 0 radical (unpaired) electrons. The van der Waals surface area contributed by atoms with Crippen molar-refractivity contribution in [1.29, 1.82) is 0 Å². The average Bonchev–Trinajstić information content (AvgIpc) is 3.55. The number of rotatable bonds is 48. The molecule has 6 saturated heterocycles. The van der Waals surface area contributed by atoms with E-state index in [2.05, 4.69) is 76.2 Å². The van der Waals surface area contributed by atoms with E-state index >= 15 is 0 Å². The molecule has 6 heterocycles. The highest BCUT2D eigenvalue weighted by Gasteiger charge is 2.37. The minimum atomic E-state index is 0.306. The largest absolute Gasteiger partial charge is 0.385 e. The van der Waals surface area contributed by atoms with Crippen molar-refractivity contribution in [3.05, 3.63) is 0 Å². The van der Waals surface area contributed by atoms with Gasteiger partial charge in [0.2, 0.25) is 0 Å². The van der Waals surface area contributed by atoms with E-state index in [1.54, 1.807) is 7.11 Å². The number of hydrogen-bond acceptors (Lipinski definition) is 13. The van der Waals surface area contributed by atoms with Crippen LogP contribution in [0.2, 0.25) is 0 Å². The first-order valence-electron chi connectivity index (χ1n) is 35.0. The molecule has 0 atom stereocenters. The van der Waals surface area contributed by atoms with Crippen molar-refractivity contribution in [2.24, 2.45) is 32.5 Å². The number of methoxy groups -OCH3 is 1. The predicted octanol–water partition coefficient (Wildman–Crippen LogP) is 16.9. The second kappa shape index (κ2) is 53.2. The van der Waals surface area contributed by atoms with E-state index < -0.39 is 0 Å². The maximum atomic E-state index is 5.69. The van der Waals surface area contributed by atoms with Crippen LogP contribution in [-0.2, 0) is 61.6 Å². The van der Waals surface area contributed by atoms with Crippen molar-refractivity contribution in [3.63, 3.8) is 0 Å². The number of unbranched alkanes of at least 4 members (excludes halogenated alkanes) is 22. The van der Waals surface area contributed by atoms with E-state index in [4.69, 9.17) is 61.6 Å². The van der Waals surface area contributed by atoms with Gasteiger partial charge in [0.25, 0.3) is 0 Å². The molecule has 6 aliphatic rings. The Hall–Kier alpha value is -0.520. The molecule has 13 heteroatoms. The molecule has 0 amide bonds. The van der Waals surface area contributed by atoms with E-state index in [0.717, 1.165) is 172 Å². The van der Waals surface area contributed by atoms with Crippen LogP contribution in [0.4, 0.5) is 0 Å². The maximum Gasteiger partial charge on any atom is 0.0564 e. The summed E-state index contributed by atoms with van der Waals surface area (Å²) >= 11 is 0. The zero-order chi connectivity index (χ0) is 61.7. The molecule has 0 bridgehead atoms. The first kappa shape index (κ1) is 81.5. The second-order valence-electron chi connectivity index (χ2n) is 28.3. The Kier molecular flexibility index (Phi) is 51.6. The minimum Gasteiger partial charge on any atom is -0.385 e. The summed E-state index contributed by atoms with van der Waals surface area (Å²) in [6, 6.07) is 0. The van der Waals surface area contributed by atoms with Crippen LogP contribution in [0.15, 0.2) is 0 Å². The van der Waals surface area contributed by atoms with Crippen LogP contribution in [0, 0.1) is 32.5 Å². The molecule has 0 spiro atoms. The lowest BCUT2D eigenvalue weighted by atomic mass is 9.90. The Morgan fingerprint density at radius 1 is 0.214 bits per heavy atom. The third kappa shape index (κ3) is 45.7. The molecule has 0 aliphatic carbocycles. The molecule has 0 unspecified atom stereocenters. The summed E-state index contributed by atoms with van der Waals surface area (Å²) in [5, 5.41) is 0. The van der Waals surface area contributed by atoms with Gasteiger partial charge in [0.05, 0.1) is 119 Å². The van der Waals surface area contributed by atoms with Crippen LogP contribution >= 0.6 is 0 Å². The average molecular weight is 1200 g/mol. The van der Waals surface area contributed by atoms with E-state index in [1.807, 2.05) is 0 Å². The normalized spacial score (nSPS) is 19.3. The van der Waals surface area contributed by atoms with Crippen LogP contribution < -0.4 is 0 Å². The Labute approximate surface area is 520 Å². The van der Waals surface area contributed by atoms with Crippen LogP contribution in [0.3, 0.4) is 0 Å². The molecule has 0 aromatic carbocycles. The Morgan fingerprint density at radius 3 is 0.560 bits per heavy atom. The number of ether oxygens (including phenoxy) is 13. The molecular formula is C71H142O13. The zero-order valence-electron chi connectivity index (χ0n) is 57.8. The first-order valence-corrected chi connectivity index (χ1v) is 35.0. The van der Waals surface area contributed by atoms with E-state index in [9.17, 15) is 0 Å². The summed E-state index contributed by atoms with van der Waals surface area (Å²) in [6.45, 7) is 46.6. The highest BCUT2D eigenvalue weighted by molar-refractivity contribution is 4.83. The molecule has 6 fully saturated rings. The monoisotopic (exact) mass is 1200 g/mol. The summed E-state index contributed by atoms with van der Waals surface area (Å²) in [6.07, 6.45) is 36.6. The predicted molar refractivity (Wildman–Crippen MR) is 348 cm³/mol. The summed E-state index contributed by atoms with van der Waals surface area (Å²) in [7, 11) is 1.77. The van der Waals surface area contributed by atoms with Gasteiger partial charge < -0.3 is 61.6 Å². The standard InChI is InChI=1S/C14H28O3.C14H28O2.C13H26O2.C12H24O2.C10H20O2.C8H16O2/c1-14(12-17-13-14)11-16-10-8-6-4-3-5-7-9-15-2;1-3-4-5-6-7-8-9-10-15-11-14(2)12-16-13-14;1-3-4-5-6-7-8-9-14-10-13(2)11-15-12-13;1-3-4-5-6-7-8-13-9-12(2)10-14-11-12;1-3-4-5-6-11-7-10(2)8-12-9-10;1-3-4-9-5-8(2)6-10-7-8/h3-13H2,1-2H3;3-13H2,1-2H3;3-12H2,1-2H3;3-11H2,1-2H3;3-9H2,1-2H3;3-7H2,1-2H3. The van der Waals surface area contributed by atoms with Gasteiger partial charge in [-0.2, -0.15) is 0 Å². The fraction of sp³-hybridized carbons (Fsp3) is 1.00. The fourth-order valence-corrected chi connectivity index (χ4v) is 9.82. The fourth-order valence-electron chi connectivity index (χ4n) is 9.82. The van der Waals surface area contributed by atoms with Crippen LogP contribution in [0.5, 0.6) is 0 Å². The lowest BCUT2D eigenvalue weighted by Gasteiger charge is -2.37. The Balaban J connectivity index is 0.000000507. The highest BCUT2D eigenvalue weighted by atomic mass is 16.5. The number of hydrogen-bond donors (Lipinski definition) is 0. The topological polar surface area (TPSA) is 120 Å². The molecule has 13 nitrogen and oxygen atoms in total. The zero-order valence-corrected chi connectivity index (χ0v) is 57.8. The summed E-state index contributed by atoms with van der Waals surface area (Å²) in [5.41, 5.74) is 1.92. The smallest absolute Gasteiger partial charge is 0.0564 e. The van der Waals surface area contributed by atoms with Gasteiger partial charge in [-0.15, -0.1) is 0 Å². The van der Waals surface area contributed by atoms with Gasteiger partial charge in [0.1, 0.15) is 0 Å². The molecule has 0 aromatic rings. The van der Waals surface area contributed by atoms with E-state index in [-0.39, 0.29) is 0 Å². The van der Waals surface area contributed by atoms with Crippen molar-refractivity contribution in [3.8, 4) is 0 Å². The molecule has 504 valence electrons. The van der Waals surface area contributed by atoms with Crippen LogP contribution in [0.1, 0.15) is 256 Å². The third-order valence-electron chi connectivity index (χ3n) is 16.2. The van der Waals surface area contributed by atoms with Gasteiger partial charge >= 0.3 is 0 Å². The summed E-state index contributed by atoms with van der Waals surface area (Å²) in [5.74, 6) is 0. The van der Waals surface area contributed by atoms with Gasteiger partial charge in [-0.3, -0.25) is 0 Å². The molecule has 6 rings (SSSR count). The van der Waals surface area contributed by atoms with Crippen molar-refractivity contribution in [2.45, 2.75) is 256 Å². The lowest BCUT2D eigenvalue weighted by Crippen LogP contribution is -2.43. The molecule has 84 heavy (non-hydrogen) atoms. The summed E-state index contributed by atoms with van der Waals surface area (Å²) < 4.78 is 69.6. The lowest BCUT2D eigenvalue weighted by molar-refractivity contribution is -0.137. The van der Waals surface area contributed by atoms with Gasteiger partial charge in [-0.1, -0.05) is 211 Å². The molecule has 6 aliphatic heterocycles. The summed E-state index contributed by atoms with van der Waals surface area (Å²) in [4.78, 5) is 0. The minimum absolute atomic E-state index is 0.306. The van der Waals surface area contributed by atoms with E-state index in [1.165, 1.54) is 173 Å². The van der Waals surface area contributed by atoms with Gasteiger partial charge in [-0.05, 0) is 44.9 Å². The Morgan fingerprint density at radius 2 is 0.381 bits per heavy atom. The molecule has 0 aromatic heterocycles. The molecule has 0 saturated carbocycles. The van der Waals surface area contributed by atoms with Gasteiger partial charge in [-0.25, -0.2) is 0 Å². The molecule has 0 N–H and O–H groups in total. The van der Waals surface area contributed by atoms with Crippen LogP contribution in [0.25, 0.3) is 0 Å². The van der Waals surface area contributed by atoms with Crippen molar-refractivity contribution in [1.82, 2.24) is 0 Å². The SMILES string of the molecule is CCCCCCCCCOCC1(C)COC1.CCCCCCCCOCC1(C)COC1.CCCCCCCOCC1(C)COC1.CCCCCOCC1(C)COC1.CCCOCC1(C)COC1.COCCCCCCCCOCC1(C)COC1. The quantitative estimate of drug-likeness (QED) is 0.0538. The van der Waals surface area contributed by atoms with Crippen LogP contribution in [-0.4, -0.2) is 172 Å². The van der Waals surface area contributed by atoms with Crippen molar-refractivity contribution < 1.29 is 61.6 Å². The van der Waals surface area contributed by atoms with Gasteiger partial charge in [0.15, 0.2) is 0 Å². The Bertz CT molecular complexity index is 1380. The van der Waals surface area contributed by atoms with Crippen molar-refractivity contribution in [2.75, 3.05) is 172 Å². The molecular weight excluding hydrogens is 1060 g/mol. The van der Waals surface area contributed by atoms with Crippen molar-refractivity contribution >= 4 is 0 Å². The van der Waals surface area contributed by atoms with Gasteiger partial charge in [0, 0.05) is 85.8 Å². The third-order valence-corrected chi connectivity index (χ3v) is 16.2. The maximum absolute atomic E-state index is 5.69. The second-order valence-corrected chi connectivity index (χ2v) is 28.3.